The van der Waals surface area contributed by atoms with Crippen molar-refractivity contribution in [1.82, 2.24) is 29.7 Å². The molecule has 33 heavy (non-hydrogen) atoms. The van der Waals surface area contributed by atoms with Crippen LogP contribution < -0.4 is 15.1 Å². The average molecular weight is 448 g/mol. The normalized spacial score (nSPS) is 18.5. The third kappa shape index (κ3) is 4.64. The average Bonchev–Trinajstić information content (AvgIpc) is 3.49. The summed E-state index contributed by atoms with van der Waals surface area (Å²) in [7, 11) is 0. The molecule has 1 unspecified atom stereocenters. The number of nitrogens with one attached hydrogen (secondary N) is 1. The van der Waals surface area contributed by atoms with Gasteiger partial charge in [-0.25, -0.2) is 24.6 Å². The van der Waals surface area contributed by atoms with Crippen molar-refractivity contribution < 1.29 is 4.79 Å². The molecule has 2 aliphatic rings. The molecule has 0 aromatic carbocycles. The van der Waals surface area contributed by atoms with Crippen LogP contribution in [0.2, 0.25) is 0 Å². The van der Waals surface area contributed by atoms with E-state index in [0.29, 0.717) is 12.4 Å². The minimum atomic E-state index is -0.143. The molecule has 1 N–H and O–H groups in total. The van der Waals surface area contributed by atoms with Crippen molar-refractivity contribution in [1.29, 1.82) is 0 Å². The van der Waals surface area contributed by atoms with Crippen LogP contribution in [0.4, 0.5) is 17.5 Å². The number of rotatable bonds is 5. The Morgan fingerprint density at radius 1 is 0.879 bits per heavy atom. The third-order valence-electron chi connectivity index (χ3n) is 6.31. The summed E-state index contributed by atoms with van der Waals surface area (Å²) in [5.74, 6) is 2.81. The fourth-order valence-corrected chi connectivity index (χ4v) is 4.65. The van der Waals surface area contributed by atoms with E-state index in [2.05, 4.69) is 40.2 Å². The van der Waals surface area contributed by atoms with E-state index in [0.717, 1.165) is 61.3 Å². The molecule has 2 aliphatic heterocycles. The molecule has 172 valence electrons. The van der Waals surface area contributed by atoms with Gasteiger partial charge in [0.15, 0.2) is 5.82 Å². The molecular weight excluding hydrogens is 418 g/mol. The summed E-state index contributed by atoms with van der Waals surface area (Å²) < 4.78 is 1.82. The molecular formula is C23H29N9O. The van der Waals surface area contributed by atoms with Crippen LogP contribution in [-0.2, 0) is 4.79 Å². The maximum absolute atomic E-state index is 13.1. The second-order valence-electron chi connectivity index (χ2n) is 8.80. The van der Waals surface area contributed by atoms with E-state index >= 15 is 0 Å². The first-order chi connectivity index (χ1) is 16.1. The summed E-state index contributed by atoms with van der Waals surface area (Å²) in [6, 6.07) is 5.83. The number of carbonyl (C=O) groups excluding carboxylic acids is 1. The van der Waals surface area contributed by atoms with Gasteiger partial charge in [0.05, 0.1) is 11.6 Å². The molecule has 5 rings (SSSR count). The van der Waals surface area contributed by atoms with Gasteiger partial charge < -0.3 is 15.1 Å². The molecule has 5 heterocycles. The zero-order valence-corrected chi connectivity index (χ0v) is 19.1. The molecule has 3 aromatic heterocycles. The smallest absolute Gasteiger partial charge is 0.230 e. The monoisotopic (exact) mass is 447 g/mol. The Kier molecular flexibility index (Phi) is 5.89. The molecule has 0 aliphatic carbocycles. The lowest BCUT2D eigenvalue weighted by atomic mass is 9.97. The summed E-state index contributed by atoms with van der Waals surface area (Å²) in [4.78, 5) is 34.9. The van der Waals surface area contributed by atoms with Gasteiger partial charge in [0.1, 0.15) is 30.1 Å². The van der Waals surface area contributed by atoms with Crippen molar-refractivity contribution in [2.45, 2.75) is 39.5 Å². The number of hydrogen-bond donors (Lipinski definition) is 1. The van der Waals surface area contributed by atoms with Crippen LogP contribution >= 0.6 is 0 Å². The summed E-state index contributed by atoms with van der Waals surface area (Å²) in [6.45, 7) is 7.42. The van der Waals surface area contributed by atoms with Crippen molar-refractivity contribution in [2.75, 3.05) is 41.3 Å². The molecule has 2 fully saturated rings. The van der Waals surface area contributed by atoms with Crippen LogP contribution in [0.15, 0.2) is 30.9 Å². The van der Waals surface area contributed by atoms with Crippen molar-refractivity contribution >= 4 is 23.4 Å². The summed E-state index contributed by atoms with van der Waals surface area (Å²) in [6.07, 6.45) is 7.19. The molecule has 0 saturated carbocycles. The van der Waals surface area contributed by atoms with Gasteiger partial charge in [0, 0.05) is 44.0 Å². The molecule has 10 heteroatoms. The first-order valence-electron chi connectivity index (χ1n) is 11.6. The standard InChI is InChI=1S/C23H29N9O/c1-16-10-17(2)32(29-16)22-12-21(26-15-27-22)31-9-5-6-18(13-31)23(33)28-19-11-20(25-14-24-19)30-7-3-4-8-30/h10-12,14-15,18H,3-9,13H2,1-2H3,(H,24,25,28,33). The van der Waals surface area contributed by atoms with Crippen LogP contribution in [0.1, 0.15) is 37.1 Å². The SMILES string of the molecule is Cc1cc(C)n(-c2cc(N3CCCC(C(=O)Nc4cc(N5CCCC5)ncn4)C3)ncn2)n1. The number of piperidine rings is 1. The van der Waals surface area contributed by atoms with E-state index in [1.54, 1.807) is 6.33 Å². The van der Waals surface area contributed by atoms with Crippen LogP contribution in [0, 0.1) is 19.8 Å². The lowest BCUT2D eigenvalue weighted by Crippen LogP contribution is -2.41. The first-order valence-corrected chi connectivity index (χ1v) is 11.6. The van der Waals surface area contributed by atoms with Gasteiger partial charge in [0.2, 0.25) is 5.91 Å². The maximum atomic E-state index is 13.1. The molecule has 10 nitrogen and oxygen atoms in total. The second kappa shape index (κ2) is 9.13. The highest BCUT2D eigenvalue weighted by molar-refractivity contribution is 5.92. The van der Waals surface area contributed by atoms with Gasteiger partial charge in [0.25, 0.3) is 0 Å². The highest BCUT2D eigenvalue weighted by Gasteiger charge is 2.27. The molecule has 3 aromatic rings. The van der Waals surface area contributed by atoms with Gasteiger partial charge in [-0.3, -0.25) is 4.79 Å². The molecule has 1 amide bonds. The van der Waals surface area contributed by atoms with Crippen molar-refractivity contribution in [2.24, 2.45) is 5.92 Å². The molecule has 1 atom stereocenters. The van der Waals surface area contributed by atoms with E-state index in [9.17, 15) is 4.79 Å². The minimum absolute atomic E-state index is 0.0152. The first kappa shape index (κ1) is 21.3. The van der Waals surface area contributed by atoms with Gasteiger partial charge in [-0.1, -0.05) is 0 Å². The topological polar surface area (TPSA) is 105 Å². The van der Waals surface area contributed by atoms with Gasteiger partial charge in [-0.15, -0.1) is 0 Å². The van der Waals surface area contributed by atoms with E-state index in [4.69, 9.17) is 0 Å². The second-order valence-corrected chi connectivity index (χ2v) is 8.80. The number of carbonyl (C=O) groups is 1. The summed E-state index contributed by atoms with van der Waals surface area (Å²) in [5, 5.41) is 7.53. The van der Waals surface area contributed by atoms with Crippen LogP contribution in [-0.4, -0.2) is 61.8 Å². The number of aryl methyl sites for hydroxylation is 2. The maximum Gasteiger partial charge on any atom is 0.230 e. The Bertz CT molecular complexity index is 1140. The van der Waals surface area contributed by atoms with E-state index in [1.807, 2.05) is 36.7 Å². The molecule has 0 bridgehead atoms. The lowest BCUT2D eigenvalue weighted by Gasteiger charge is -2.32. The highest BCUT2D eigenvalue weighted by atomic mass is 16.2. The van der Waals surface area contributed by atoms with Crippen LogP contribution in [0.5, 0.6) is 0 Å². The Balaban J connectivity index is 1.27. The van der Waals surface area contributed by atoms with Crippen LogP contribution in [0.25, 0.3) is 5.82 Å². The zero-order valence-electron chi connectivity index (χ0n) is 19.1. The Morgan fingerprint density at radius 3 is 2.33 bits per heavy atom. The largest absolute Gasteiger partial charge is 0.356 e. The summed E-state index contributed by atoms with van der Waals surface area (Å²) >= 11 is 0. The predicted molar refractivity (Wildman–Crippen MR) is 126 cm³/mol. The van der Waals surface area contributed by atoms with E-state index in [1.165, 1.54) is 19.2 Å². The minimum Gasteiger partial charge on any atom is -0.356 e. The van der Waals surface area contributed by atoms with Gasteiger partial charge >= 0.3 is 0 Å². The van der Waals surface area contributed by atoms with Crippen molar-refractivity contribution in [3.63, 3.8) is 0 Å². The number of hydrogen-bond acceptors (Lipinski definition) is 8. The Hall–Kier alpha value is -3.56. The zero-order chi connectivity index (χ0) is 22.8. The number of anilines is 3. The van der Waals surface area contributed by atoms with E-state index in [-0.39, 0.29) is 11.8 Å². The number of amides is 1. The van der Waals surface area contributed by atoms with Crippen molar-refractivity contribution in [3.8, 4) is 5.82 Å². The lowest BCUT2D eigenvalue weighted by molar-refractivity contribution is -0.120. The fraction of sp³-hybridized carbons (Fsp3) is 0.478. The highest BCUT2D eigenvalue weighted by Crippen LogP contribution is 2.25. The number of nitrogens with zero attached hydrogens (tertiary/aromatic N) is 8. The fourth-order valence-electron chi connectivity index (χ4n) is 4.65. The molecule has 2 saturated heterocycles. The quantitative estimate of drug-likeness (QED) is 0.636. The predicted octanol–water partition coefficient (Wildman–Crippen LogP) is 2.52. The third-order valence-corrected chi connectivity index (χ3v) is 6.31. The van der Waals surface area contributed by atoms with E-state index < -0.39 is 0 Å². The van der Waals surface area contributed by atoms with Gasteiger partial charge in [-0.05, 0) is 45.6 Å². The number of aromatic nitrogens is 6. The molecule has 0 spiro atoms. The Labute approximate surface area is 193 Å². The van der Waals surface area contributed by atoms with Gasteiger partial charge in [-0.2, -0.15) is 5.10 Å². The van der Waals surface area contributed by atoms with Crippen LogP contribution in [0.3, 0.4) is 0 Å². The molecule has 0 radical (unpaired) electrons. The van der Waals surface area contributed by atoms with Crippen molar-refractivity contribution in [3.05, 3.63) is 42.2 Å². The Morgan fingerprint density at radius 2 is 1.58 bits per heavy atom. The summed E-state index contributed by atoms with van der Waals surface area (Å²) in [5.41, 5.74) is 1.96.